The van der Waals surface area contributed by atoms with Gasteiger partial charge in [-0.3, -0.25) is 0 Å². The van der Waals surface area contributed by atoms with Gasteiger partial charge in [-0.15, -0.1) is 0 Å². The van der Waals surface area contributed by atoms with Gasteiger partial charge in [-0.2, -0.15) is 0 Å². The number of rotatable bonds is 16. The molecule has 12 heteroatoms. The van der Waals surface area contributed by atoms with Crippen molar-refractivity contribution in [3.63, 3.8) is 0 Å². The number of hydrogen-bond acceptors (Lipinski definition) is 9. The highest BCUT2D eigenvalue weighted by molar-refractivity contribution is 7.54. The van der Waals surface area contributed by atoms with Gasteiger partial charge in [0.25, 0.3) is 5.76 Å². The maximum atomic E-state index is 13.9. The molecule has 3 aromatic rings. The topological polar surface area (TPSA) is 113 Å². The number of nitrogens with zero attached hydrogens (tertiary/aromatic N) is 2. The van der Waals surface area contributed by atoms with Crippen LogP contribution in [-0.2, 0) is 43.2 Å². The van der Waals surface area contributed by atoms with E-state index in [1.165, 1.54) is 9.34 Å². The van der Waals surface area contributed by atoms with Gasteiger partial charge in [-0.05, 0) is 72.1 Å². The van der Waals surface area contributed by atoms with E-state index in [1.807, 2.05) is 97.9 Å². The van der Waals surface area contributed by atoms with Gasteiger partial charge in [0.05, 0.1) is 13.2 Å². The Balaban J connectivity index is 1.86. The lowest BCUT2D eigenvalue weighted by Crippen LogP contribution is -2.43. The summed E-state index contributed by atoms with van der Waals surface area (Å²) in [5.41, 5.74) is 0.363. The summed E-state index contributed by atoms with van der Waals surface area (Å²) < 4.78 is 53.2. The van der Waals surface area contributed by atoms with Crippen LogP contribution in [0.15, 0.2) is 103 Å². The highest BCUT2D eigenvalue weighted by Crippen LogP contribution is 2.54. The predicted octanol–water partition coefficient (Wildman–Crippen LogP) is 7.52. The molecule has 0 amide bonds. The van der Waals surface area contributed by atoms with Crippen molar-refractivity contribution in [1.82, 2.24) is 9.34 Å². The van der Waals surface area contributed by atoms with Crippen molar-refractivity contribution in [3.8, 4) is 0 Å². The molecule has 0 spiro atoms. The van der Waals surface area contributed by atoms with Crippen LogP contribution in [0, 0.1) is 0 Å². The average Bonchev–Trinajstić information content (AvgIpc) is 3.38. The zero-order chi connectivity index (χ0) is 36.5. The highest BCUT2D eigenvalue weighted by Gasteiger charge is 2.49. The van der Waals surface area contributed by atoms with Crippen molar-refractivity contribution in [2.24, 2.45) is 0 Å². The minimum atomic E-state index is -3.74. The van der Waals surface area contributed by atoms with Gasteiger partial charge in [0.15, 0.2) is 11.9 Å². The second-order valence-corrected chi connectivity index (χ2v) is 16.0. The van der Waals surface area contributed by atoms with Gasteiger partial charge in [0.2, 0.25) is 6.10 Å². The molecule has 1 aliphatic heterocycles. The van der Waals surface area contributed by atoms with Gasteiger partial charge < -0.3 is 28.2 Å². The number of ether oxygens (including phenoxy) is 5. The molecule has 11 nitrogen and oxygen atoms in total. The SMILES string of the molecule is CCCCOC1=C(OP(=O)(N(C)C)N(C)C)C(=O)OC1C(COC(c1ccccc1)(c1ccccc1)c1ccccc1)OC(=O)OC(C)(C)C. The Hall–Kier alpha value is -4.15. The molecule has 270 valence electrons. The molecular weight excluding hydrogens is 659 g/mol. The molecule has 0 radical (unpaired) electrons. The normalized spacial score (nSPS) is 16.0. The second kappa shape index (κ2) is 16.7. The minimum absolute atomic E-state index is 0.0470. The fourth-order valence-corrected chi connectivity index (χ4v) is 6.89. The lowest BCUT2D eigenvalue weighted by molar-refractivity contribution is -0.153. The first-order chi connectivity index (χ1) is 23.7. The van der Waals surface area contributed by atoms with E-state index in [2.05, 4.69) is 0 Å². The van der Waals surface area contributed by atoms with Crippen molar-refractivity contribution in [1.29, 1.82) is 0 Å². The zero-order valence-electron chi connectivity index (χ0n) is 30.2. The van der Waals surface area contributed by atoms with Gasteiger partial charge in [-0.1, -0.05) is 104 Å². The molecule has 0 saturated carbocycles. The van der Waals surface area contributed by atoms with Gasteiger partial charge in [-0.25, -0.2) is 23.5 Å². The monoisotopic (exact) mass is 708 g/mol. The molecule has 50 heavy (non-hydrogen) atoms. The van der Waals surface area contributed by atoms with Gasteiger partial charge >= 0.3 is 19.8 Å². The number of unbranched alkanes of at least 4 members (excludes halogenated alkanes) is 1. The molecule has 1 aliphatic rings. The van der Waals surface area contributed by atoms with Crippen LogP contribution in [0.25, 0.3) is 0 Å². The second-order valence-electron chi connectivity index (χ2n) is 13.2. The number of carbonyl (C=O) groups excluding carboxylic acids is 2. The molecule has 0 N–H and O–H groups in total. The summed E-state index contributed by atoms with van der Waals surface area (Å²) in [7, 11) is 2.58. The first-order valence-corrected chi connectivity index (χ1v) is 18.2. The molecule has 0 saturated heterocycles. The summed E-state index contributed by atoms with van der Waals surface area (Å²) in [6.07, 6.45) is -2.17. The minimum Gasteiger partial charge on any atom is -0.490 e. The Kier molecular flexibility index (Phi) is 12.9. The predicted molar refractivity (Wildman–Crippen MR) is 190 cm³/mol. The number of cyclic esters (lactones) is 1. The quantitative estimate of drug-likeness (QED) is 0.0638. The van der Waals surface area contributed by atoms with Crippen LogP contribution in [0.1, 0.15) is 57.2 Å². The van der Waals surface area contributed by atoms with Crippen molar-refractivity contribution in [2.75, 3.05) is 41.4 Å². The summed E-state index contributed by atoms with van der Waals surface area (Å²) >= 11 is 0. The van der Waals surface area contributed by atoms with Gasteiger partial charge in [0, 0.05) is 0 Å². The molecule has 4 rings (SSSR count). The standard InChI is InChI=1S/C38H49N2O9P/c1-9-10-26-44-33-32(47-35(41)34(33)49-50(43,39(5)6)40(7)8)31(46-36(42)48-37(2,3)4)27-45-38(28-20-14-11-15-21-28,29-22-16-12-17-23-29)30-24-18-13-19-25-30/h11-25,31-32H,9-10,26-27H2,1-8H3. The molecule has 0 fully saturated rings. The van der Waals surface area contributed by atoms with Crippen molar-refractivity contribution in [2.45, 2.75) is 63.9 Å². The fraction of sp³-hybridized carbons (Fsp3) is 0.421. The molecular formula is C38H49N2O9P. The van der Waals surface area contributed by atoms with Crippen LogP contribution >= 0.6 is 7.67 Å². The summed E-state index contributed by atoms with van der Waals surface area (Å²) in [4.78, 5) is 26.9. The number of esters is 1. The van der Waals surface area contributed by atoms with E-state index in [-0.39, 0.29) is 24.7 Å². The largest absolute Gasteiger partial charge is 0.509 e. The molecule has 1 heterocycles. The Morgan fingerprint density at radius 1 is 0.840 bits per heavy atom. The molecule has 2 unspecified atom stereocenters. The molecule has 2 atom stereocenters. The van der Waals surface area contributed by atoms with E-state index in [1.54, 1.807) is 49.0 Å². The summed E-state index contributed by atoms with van der Waals surface area (Å²) in [6.45, 7) is 7.04. The van der Waals surface area contributed by atoms with E-state index in [0.29, 0.717) is 6.42 Å². The van der Waals surface area contributed by atoms with Crippen LogP contribution in [0.3, 0.4) is 0 Å². The van der Waals surface area contributed by atoms with Crippen LogP contribution in [0.4, 0.5) is 4.79 Å². The third-order valence-corrected chi connectivity index (χ3v) is 10.3. The summed E-state index contributed by atoms with van der Waals surface area (Å²) in [5.74, 6) is -1.33. The smallest absolute Gasteiger partial charge is 0.490 e. The summed E-state index contributed by atoms with van der Waals surface area (Å²) in [5, 5.41) is 0. The third kappa shape index (κ3) is 8.95. The number of benzene rings is 3. The third-order valence-electron chi connectivity index (χ3n) is 7.86. The van der Waals surface area contributed by atoms with E-state index >= 15 is 0 Å². The Labute approximate surface area is 295 Å². The number of carbonyl (C=O) groups is 2. The lowest BCUT2D eigenvalue weighted by Gasteiger charge is -2.37. The maximum absolute atomic E-state index is 13.9. The Morgan fingerprint density at radius 3 is 1.74 bits per heavy atom. The Bertz CT molecular complexity index is 1530. The van der Waals surface area contributed by atoms with Crippen LogP contribution in [0.5, 0.6) is 0 Å². The van der Waals surface area contributed by atoms with E-state index < -0.39 is 43.2 Å². The van der Waals surface area contributed by atoms with Crippen LogP contribution in [-0.4, -0.2) is 80.7 Å². The molecule has 0 aromatic heterocycles. The number of hydrogen-bond donors (Lipinski definition) is 0. The average molecular weight is 709 g/mol. The Morgan fingerprint density at radius 2 is 1.32 bits per heavy atom. The first kappa shape index (κ1) is 38.6. The van der Waals surface area contributed by atoms with E-state index in [9.17, 15) is 14.2 Å². The summed E-state index contributed by atoms with van der Waals surface area (Å²) in [6, 6.07) is 29.1. The lowest BCUT2D eigenvalue weighted by atomic mass is 9.80. The highest BCUT2D eigenvalue weighted by atomic mass is 31.2. The maximum Gasteiger partial charge on any atom is 0.509 e. The van der Waals surface area contributed by atoms with Crippen molar-refractivity contribution < 1.29 is 42.4 Å². The van der Waals surface area contributed by atoms with E-state index in [4.69, 9.17) is 28.2 Å². The fourth-order valence-electron chi connectivity index (χ4n) is 5.45. The van der Waals surface area contributed by atoms with E-state index in [0.717, 1.165) is 23.1 Å². The molecule has 0 aliphatic carbocycles. The first-order valence-electron chi connectivity index (χ1n) is 16.7. The van der Waals surface area contributed by atoms with Crippen LogP contribution in [0.2, 0.25) is 0 Å². The van der Waals surface area contributed by atoms with Crippen molar-refractivity contribution >= 4 is 19.8 Å². The molecule has 0 bridgehead atoms. The van der Waals surface area contributed by atoms with Crippen LogP contribution < -0.4 is 0 Å². The van der Waals surface area contributed by atoms with Gasteiger partial charge in [0.1, 0.15) is 11.2 Å². The molecule has 3 aromatic carbocycles. The van der Waals surface area contributed by atoms with Crippen molar-refractivity contribution in [3.05, 3.63) is 119 Å². The zero-order valence-corrected chi connectivity index (χ0v) is 31.1.